The Balaban J connectivity index is 1.97. The Morgan fingerprint density at radius 2 is 2.25 bits per heavy atom. The van der Waals surface area contributed by atoms with Gasteiger partial charge in [-0.1, -0.05) is 17.7 Å². The van der Waals surface area contributed by atoms with Crippen LogP contribution in [0.2, 0.25) is 5.02 Å². The smallest absolute Gasteiger partial charge is 0.150 e. The van der Waals surface area contributed by atoms with Crippen molar-refractivity contribution in [1.29, 1.82) is 0 Å². The van der Waals surface area contributed by atoms with E-state index in [-0.39, 0.29) is 22.7 Å². The van der Waals surface area contributed by atoms with Gasteiger partial charge in [0.2, 0.25) is 0 Å². The van der Waals surface area contributed by atoms with Crippen molar-refractivity contribution in [3.05, 3.63) is 34.6 Å². The van der Waals surface area contributed by atoms with Crippen molar-refractivity contribution >= 4 is 21.4 Å². The molecule has 1 aromatic carbocycles. The molecule has 0 spiro atoms. The highest BCUT2D eigenvalue weighted by atomic mass is 35.5. The summed E-state index contributed by atoms with van der Waals surface area (Å²) in [7, 11) is -0.992. The van der Waals surface area contributed by atoms with Crippen LogP contribution in [0.4, 0.5) is 4.39 Å². The summed E-state index contributed by atoms with van der Waals surface area (Å²) in [6.07, 6.45) is 2.19. The Kier molecular flexibility index (Phi) is 5.04. The monoisotopic (exact) mass is 319 g/mol. The first-order chi connectivity index (χ1) is 9.39. The molecule has 112 valence electrons. The molecule has 6 heteroatoms. The van der Waals surface area contributed by atoms with Crippen LogP contribution in [0.5, 0.6) is 0 Å². The van der Waals surface area contributed by atoms with Crippen LogP contribution < -0.4 is 5.32 Å². The maximum Gasteiger partial charge on any atom is 0.150 e. The van der Waals surface area contributed by atoms with Gasteiger partial charge in [-0.05, 0) is 49.9 Å². The van der Waals surface area contributed by atoms with Crippen molar-refractivity contribution in [2.24, 2.45) is 5.92 Å². The Morgan fingerprint density at radius 1 is 1.50 bits per heavy atom. The van der Waals surface area contributed by atoms with Gasteiger partial charge in [0.25, 0.3) is 0 Å². The van der Waals surface area contributed by atoms with Gasteiger partial charge in [0, 0.05) is 6.04 Å². The van der Waals surface area contributed by atoms with E-state index < -0.39 is 15.7 Å². The van der Waals surface area contributed by atoms with Crippen molar-refractivity contribution in [3.63, 3.8) is 0 Å². The minimum absolute atomic E-state index is 0.122. The largest absolute Gasteiger partial charge is 0.317 e. The summed E-state index contributed by atoms with van der Waals surface area (Å²) in [6.45, 7) is 0. The first kappa shape index (κ1) is 15.7. The average Bonchev–Trinajstić information content (AvgIpc) is 2.72. The number of likely N-dealkylation sites (N-methyl/N-ethyl adjacent to an activating group) is 1. The molecule has 1 heterocycles. The highest BCUT2D eigenvalue weighted by molar-refractivity contribution is 7.91. The minimum atomic E-state index is -2.84. The van der Waals surface area contributed by atoms with Gasteiger partial charge in [-0.3, -0.25) is 0 Å². The van der Waals surface area contributed by atoms with E-state index in [1.54, 1.807) is 12.1 Å². The van der Waals surface area contributed by atoms with E-state index in [4.69, 9.17) is 11.6 Å². The minimum Gasteiger partial charge on any atom is -0.317 e. The van der Waals surface area contributed by atoms with E-state index in [0.717, 1.165) is 18.4 Å². The van der Waals surface area contributed by atoms with Crippen LogP contribution in [-0.2, 0) is 16.3 Å². The Labute approximate surface area is 124 Å². The highest BCUT2D eigenvalue weighted by Crippen LogP contribution is 2.24. The third kappa shape index (κ3) is 4.17. The Bertz CT molecular complexity index is 577. The fourth-order valence-corrected chi connectivity index (χ4v) is 4.71. The molecule has 2 rings (SSSR count). The molecule has 2 unspecified atom stereocenters. The maximum atomic E-state index is 13.4. The Hall–Kier alpha value is -0.650. The maximum absolute atomic E-state index is 13.4. The van der Waals surface area contributed by atoms with Gasteiger partial charge in [-0.15, -0.1) is 0 Å². The molecule has 0 saturated carbocycles. The number of hydrogen-bond acceptors (Lipinski definition) is 3. The molecule has 2 atom stereocenters. The number of sulfone groups is 1. The topological polar surface area (TPSA) is 46.2 Å². The predicted molar refractivity (Wildman–Crippen MR) is 79.3 cm³/mol. The lowest BCUT2D eigenvalue weighted by molar-refractivity contribution is 0.423. The zero-order valence-electron chi connectivity index (χ0n) is 11.4. The van der Waals surface area contributed by atoms with E-state index in [9.17, 15) is 12.8 Å². The van der Waals surface area contributed by atoms with Gasteiger partial charge in [0.1, 0.15) is 5.82 Å². The number of nitrogens with one attached hydrogen (secondary N) is 1. The Morgan fingerprint density at radius 3 is 2.80 bits per heavy atom. The SMILES string of the molecule is CNC(Cc1ccc(Cl)c(F)c1)CC1CCS(=O)(=O)C1. The molecule has 20 heavy (non-hydrogen) atoms. The fourth-order valence-electron chi connectivity index (χ4n) is 2.71. The molecule has 3 nitrogen and oxygen atoms in total. The summed E-state index contributed by atoms with van der Waals surface area (Å²) >= 11 is 5.66. The van der Waals surface area contributed by atoms with Crippen LogP contribution in [0.3, 0.4) is 0 Å². The molecule has 1 saturated heterocycles. The molecule has 1 N–H and O–H groups in total. The second-order valence-electron chi connectivity index (χ2n) is 5.44. The van der Waals surface area contributed by atoms with Crippen molar-refractivity contribution in [2.75, 3.05) is 18.6 Å². The summed E-state index contributed by atoms with van der Waals surface area (Å²) in [5.41, 5.74) is 0.868. The van der Waals surface area contributed by atoms with Gasteiger partial charge in [-0.25, -0.2) is 12.8 Å². The van der Waals surface area contributed by atoms with E-state index in [0.29, 0.717) is 12.2 Å². The first-order valence-corrected chi connectivity index (χ1v) is 8.91. The summed E-state index contributed by atoms with van der Waals surface area (Å²) < 4.78 is 36.3. The quantitative estimate of drug-likeness (QED) is 0.906. The van der Waals surface area contributed by atoms with Gasteiger partial charge in [-0.2, -0.15) is 0 Å². The number of halogens is 2. The van der Waals surface area contributed by atoms with Crippen LogP contribution in [0.15, 0.2) is 18.2 Å². The van der Waals surface area contributed by atoms with E-state index >= 15 is 0 Å². The second kappa shape index (κ2) is 6.41. The molecule has 0 aliphatic carbocycles. The van der Waals surface area contributed by atoms with E-state index in [1.165, 1.54) is 6.07 Å². The molecule has 1 aliphatic rings. The zero-order valence-corrected chi connectivity index (χ0v) is 13.0. The average molecular weight is 320 g/mol. The van der Waals surface area contributed by atoms with E-state index in [2.05, 4.69) is 5.32 Å². The van der Waals surface area contributed by atoms with Crippen LogP contribution in [-0.4, -0.2) is 33.0 Å². The van der Waals surface area contributed by atoms with Gasteiger partial charge < -0.3 is 5.32 Å². The first-order valence-electron chi connectivity index (χ1n) is 6.71. The predicted octanol–water partition coefficient (Wildman–Crippen LogP) is 2.43. The molecule has 1 fully saturated rings. The van der Waals surface area contributed by atoms with Crippen LogP contribution in [0.1, 0.15) is 18.4 Å². The van der Waals surface area contributed by atoms with Crippen molar-refractivity contribution in [2.45, 2.75) is 25.3 Å². The standard InChI is InChI=1S/C14H19ClFNO2S/c1-17-12(7-11-4-5-20(18,19)9-11)6-10-2-3-13(15)14(16)8-10/h2-3,8,11-12,17H,4-7,9H2,1H3. The lowest BCUT2D eigenvalue weighted by atomic mass is 9.95. The summed E-state index contributed by atoms with van der Waals surface area (Å²) in [6, 6.07) is 4.95. The summed E-state index contributed by atoms with van der Waals surface area (Å²) in [5.74, 6) is 0.362. The molecular weight excluding hydrogens is 301 g/mol. The van der Waals surface area contributed by atoms with E-state index in [1.807, 2.05) is 7.05 Å². The molecular formula is C14H19ClFNO2S. The molecule has 0 amide bonds. The van der Waals surface area contributed by atoms with Gasteiger partial charge in [0.05, 0.1) is 16.5 Å². The fraction of sp³-hybridized carbons (Fsp3) is 0.571. The van der Waals surface area contributed by atoms with Crippen molar-refractivity contribution < 1.29 is 12.8 Å². The number of hydrogen-bond donors (Lipinski definition) is 1. The van der Waals surface area contributed by atoms with Crippen molar-refractivity contribution in [1.82, 2.24) is 5.32 Å². The molecule has 1 aliphatic heterocycles. The van der Waals surface area contributed by atoms with Crippen LogP contribution in [0, 0.1) is 11.7 Å². The molecule has 0 bridgehead atoms. The van der Waals surface area contributed by atoms with Crippen molar-refractivity contribution in [3.8, 4) is 0 Å². The second-order valence-corrected chi connectivity index (χ2v) is 8.08. The lowest BCUT2D eigenvalue weighted by Gasteiger charge is -2.19. The number of benzene rings is 1. The van der Waals surface area contributed by atoms with Crippen LogP contribution in [0.25, 0.3) is 0 Å². The third-order valence-electron chi connectivity index (χ3n) is 3.82. The normalized spacial score (nSPS) is 22.9. The lowest BCUT2D eigenvalue weighted by Crippen LogP contribution is -2.30. The molecule has 1 aromatic rings. The third-order valence-corrected chi connectivity index (χ3v) is 5.96. The molecule has 0 radical (unpaired) electrons. The highest BCUT2D eigenvalue weighted by Gasteiger charge is 2.29. The zero-order chi connectivity index (χ0) is 14.8. The number of rotatable bonds is 5. The molecule has 0 aromatic heterocycles. The summed E-state index contributed by atoms with van der Waals surface area (Å²) in [5, 5.41) is 3.31. The van der Waals surface area contributed by atoms with Crippen LogP contribution >= 0.6 is 11.6 Å². The van der Waals surface area contributed by atoms with Gasteiger partial charge >= 0.3 is 0 Å². The van der Waals surface area contributed by atoms with Gasteiger partial charge in [0.15, 0.2) is 9.84 Å². The summed E-state index contributed by atoms with van der Waals surface area (Å²) in [4.78, 5) is 0.